The van der Waals surface area contributed by atoms with Gasteiger partial charge in [0.15, 0.2) is 0 Å². The molecule has 0 nitrogen and oxygen atoms in total. The van der Waals surface area contributed by atoms with Gasteiger partial charge in [-0.05, 0) is 80.8 Å². The Kier molecular flexibility index (Phi) is 3.66. The molecule has 1 aromatic carbocycles. The van der Waals surface area contributed by atoms with Gasteiger partial charge in [-0.1, -0.05) is 20.8 Å². The molecule has 1 rings (SSSR count). The lowest BCUT2D eigenvalue weighted by Crippen LogP contribution is -2.15. The van der Waals surface area contributed by atoms with Crippen LogP contribution in [0.2, 0.25) is 0 Å². The zero-order valence-electron chi connectivity index (χ0n) is 8.41. The zero-order chi connectivity index (χ0) is 10.2. The van der Waals surface area contributed by atoms with Crippen LogP contribution in [0.3, 0.4) is 0 Å². The van der Waals surface area contributed by atoms with Crippen LogP contribution in [0.25, 0.3) is 0 Å². The van der Waals surface area contributed by atoms with E-state index in [9.17, 15) is 0 Å². The average molecular weight is 400 g/mol. The molecule has 0 bridgehead atoms. The summed E-state index contributed by atoms with van der Waals surface area (Å²) in [7, 11) is 0. The maximum Gasteiger partial charge on any atom is 0.0180 e. The summed E-state index contributed by atoms with van der Waals surface area (Å²) in [5.74, 6) is 0. The van der Waals surface area contributed by atoms with Crippen molar-refractivity contribution in [2.75, 3.05) is 0 Å². The monoisotopic (exact) mass is 400 g/mol. The number of hydrogen-bond donors (Lipinski definition) is 0. The van der Waals surface area contributed by atoms with Gasteiger partial charge in [0.2, 0.25) is 0 Å². The molecule has 0 unspecified atom stereocenters. The third kappa shape index (κ3) is 2.81. The summed E-state index contributed by atoms with van der Waals surface area (Å²) in [6.07, 6.45) is 0. The van der Waals surface area contributed by atoms with Gasteiger partial charge in [0.1, 0.15) is 0 Å². The maximum atomic E-state index is 2.43. The fourth-order valence-corrected chi connectivity index (χ4v) is 4.60. The number of benzene rings is 1. The summed E-state index contributed by atoms with van der Waals surface area (Å²) < 4.78 is 2.71. The number of rotatable bonds is 0. The average Bonchev–Trinajstić information content (AvgIpc) is 1.78. The van der Waals surface area contributed by atoms with Crippen LogP contribution >= 0.6 is 45.2 Å². The van der Waals surface area contributed by atoms with Gasteiger partial charge in [0.25, 0.3) is 0 Å². The van der Waals surface area contributed by atoms with Crippen LogP contribution in [-0.2, 0) is 5.41 Å². The van der Waals surface area contributed by atoms with E-state index >= 15 is 0 Å². The smallest absolute Gasteiger partial charge is 0.0180 e. The minimum atomic E-state index is 0.255. The Morgan fingerprint density at radius 1 is 1.08 bits per heavy atom. The van der Waals surface area contributed by atoms with Gasteiger partial charge < -0.3 is 0 Å². The summed E-state index contributed by atoms with van der Waals surface area (Å²) in [5.41, 5.74) is 3.14. The van der Waals surface area contributed by atoms with Crippen molar-refractivity contribution in [3.05, 3.63) is 30.4 Å². The molecule has 0 aromatic heterocycles. The van der Waals surface area contributed by atoms with E-state index in [4.69, 9.17) is 0 Å². The third-order valence-electron chi connectivity index (χ3n) is 2.00. The number of halogens is 2. The minimum Gasteiger partial charge on any atom is -0.0560 e. The maximum absolute atomic E-state index is 2.43. The molecule has 0 fully saturated rings. The first-order valence-electron chi connectivity index (χ1n) is 4.28. The van der Waals surface area contributed by atoms with E-state index < -0.39 is 0 Å². The minimum absolute atomic E-state index is 0.255. The number of aryl methyl sites for hydroxylation is 1. The molecule has 0 spiro atoms. The van der Waals surface area contributed by atoms with Crippen molar-refractivity contribution in [1.29, 1.82) is 0 Å². The predicted molar refractivity (Wildman–Crippen MR) is 75.3 cm³/mol. The molecule has 72 valence electrons. The van der Waals surface area contributed by atoms with Gasteiger partial charge in [0, 0.05) is 7.14 Å². The van der Waals surface area contributed by atoms with Crippen molar-refractivity contribution < 1.29 is 0 Å². The van der Waals surface area contributed by atoms with Crippen LogP contribution in [-0.4, -0.2) is 0 Å². The molecule has 13 heavy (non-hydrogen) atoms. The van der Waals surface area contributed by atoms with E-state index in [0.29, 0.717) is 0 Å². The second-order valence-corrected chi connectivity index (χ2v) is 6.74. The highest BCUT2D eigenvalue weighted by atomic mass is 127. The van der Waals surface area contributed by atoms with Gasteiger partial charge in [-0.25, -0.2) is 0 Å². The summed E-state index contributed by atoms with van der Waals surface area (Å²) in [5, 5.41) is 0. The van der Waals surface area contributed by atoms with Crippen molar-refractivity contribution in [2.45, 2.75) is 33.1 Å². The lowest BCUT2D eigenvalue weighted by Gasteiger charge is -2.23. The molecule has 0 saturated carbocycles. The van der Waals surface area contributed by atoms with Crippen molar-refractivity contribution in [1.82, 2.24) is 0 Å². The van der Waals surface area contributed by atoms with Gasteiger partial charge >= 0.3 is 0 Å². The van der Waals surface area contributed by atoms with Crippen molar-refractivity contribution in [3.63, 3.8) is 0 Å². The molecular formula is C11H14I2. The fraction of sp³-hybridized carbons (Fsp3) is 0.455. The second kappa shape index (κ2) is 4.04. The topological polar surface area (TPSA) is 0 Å². The first-order chi connectivity index (χ1) is 5.82. The standard InChI is InChI=1S/C11H14I2/c1-7-5-8(12)6-9(13)10(7)11(2,3)4/h5-6H,1-4H3. The lowest BCUT2D eigenvalue weighted by molar-refractivity contribution is 0.582. The lowest BCUT2D eigenvalue weighted by atomic mass is 9.84. The van der Waals surface area contributed by atoms with Crippen LogP contribution in [0.4, 0.5) is 0 Å². The second-order valence-electron chi connectivity index (χ2n) is 4.33. The van der Waals surface area contributed by atoms with E-state index in [1.807, 2.05) is 0 Å². The summed E-state index contributed by atoms with van der Waals surface area (Å²) in [4.78, 5) is 0. The fourth-order valence-electron chi connectivity index (χ4n) is 1.65. The van der Waals surface area contributed by atoms with E-state index in [-0.39, 0.29) is 5.41 Å². The zero-order valence-corrected chi connectivity index (χ0v) is 12.7. The van der Waals surface area contributed by atoms with Crippen LogP contribution in [0.1, 0.15) is 31.9 Å². The molecule has 0 aliphatic rings. The highest BCUT2D eigenvalue weighted by Crippen LogP contribution is 2.31. The third-order valence-corrected chi connectivity index (χ3v) is 3.48. The Balaban J connectivity index is 3.38. The molecule has 0 atom stereocenters. The quantitative estimate of drug-likeness (QED) is 0.563. The largest absolute Gasteiger partial charge is 0.0560 e. The van der Waals surface area contributed by atoms with Crippen molar-refractivity contribution in [3.8, 4) is 0 Å². The molecule has 0 aliphatic carbocycles. The Morgan fingerprint density at radius 2 is 1.62 bits per heavy atom. The number of hydrogen-bond acceptors (Lipinski definition) is 0. The van der Waals surface area contributed by atoms with E-state index in [1.54, 1.807) is 0 Å². The van der Waals surface area contributed by atoms with Gasteiger partial charge in [0.05, 0.1) is 0 Å². The van der Waals surface area contributed by atoms with Crippen molar-refractivity contribution >= 4 is 45.2 Å². The molecule has 0 radical (unpaired) electrons. The van der Waals surface area contributed by atoms with Crippen LogP contribution in [0.5, 0.6) is 0 Å². The molecule has 1 aromatic rings. The molecule has 2 heteroatoms. The van der Waals surface area contributed by atoms with Gasteiger partial charge in [-0.3, -0.25) is 0 Å². The van der Waals surface area contributed by atoms with Gasteiger partial charge in [-0.2, -0.15) is 0 Å². The van der Waals surface area contributed by atoms with E-state index in [0.717, 1.165) is 0 Å². The highest BCUT2D eigenvalue weighted by molar-refractivity contribution is 14.1. The molecule has 0 N–H and O–H groups in total. The Morgan fingerprint density at radius 3 is 2.00 bits per heavy atom. The molecule has 0 aliphatic heterocycles. The summed E-state index contributed by atoms with van der Waals surface area (Å²) in [6, 6.07) is 4.50. The Bertz CT molecular complexity index is 298. The normalized spacial score (nSPS) is 11.8. The van der Waals surface area contributed by atoms with Crippen molar-refractivity contribution in [2.24, 2.45) is 0 Å². The molecule has 0 heterocycles. The summed E-state index contributed by atoms with van der Waals surface area (Å²) >= 11 is 4.80. The summed E-state index contributed by atoms with van der Waals surface area (Å²) in [6.45, 7) is 9.00. The van der Waals surface area contributed by atoms with E-state index in [2.05, 4.69) is 85.0 Å². The first kappa shape index (κ1) is 11.8. The Labute approximate surface area is 108 Å². The first-order valence-corrected chi connectivity index (χ1v) is 6.44. The SMILES string of the molecule is Cc1cc(I)cc(I)c1C(C)(C)C. The van der Waals surface area contributed by atoms with Crippen LogP contribution in [0, 0.1) is 14.1 Å². The predicted octanol–water partition coefficient (Wildman–Crippen LogP) is 4.50. The highest BCUT2D eigenvalue weighted by Gasteiger charge is 2.19. The molecular weight excluding hydrogens is 386 g/mol. The Hall–Kier alpha value is 0.680. The van der Waals surface area contributed by atoms with E-state index in [1.165, 1.54) is 18.3 Å². The van der Waals surface area contributed by atoms with Crippen LogP contribution < -0.4 is 0 Å². The molecule has 0 amide bonds. The van der Waals surface area contributed by atoms with Crippen LogP contribution in [0.15, 0.2) is 12.1 Å². The van der Waals surface area contributed by atoms with Gasteiger partial charge in [-0.15, -0.1) is 0 Å². The molecule has 0 saturated heterocycles.